The van der Waals surface area contributed by atoms with E-state index in [2.05, 4.69) is 4.74 Å². The molecule has 0 aliphatic heterocycles. The first-order valence-corrected chi connectivity index (χ1v) is 3.31. The standard InChI is InChI=1S/C8H5F2NO2/c9-8(10)13-7-3-5(4-11)1-2-6(7)12/h1-3,8,12H. The lowest BCUT2D eigenvalue weighted by atomic mass is 10.2. The van der Waals surface area contributed by atoms with Crippen molar-refractivity contribution in [1.29, 1.82) is 5.26 Å². The molecule has 0 aliphatic rings. The molecule has 1 aromatic carbocycles. The van der Waals surface area contributed by atoms with Gasteiger partial charge in [0.05, 0.1) is 11.6 Å². The summed E-state index contributed by atoms with van der Waals surface area (Å²) in [5.74, 6) is -0.812. The fourth-order valence-electron chi connectivity index (χ4n) is 0.774. The molecule has 68 valence electrons. The normalized spacial score (nSPS) is 9.69. The molecule has 0 saturated heterocycles. The molecule has 1 rings (SSSR count). The largest absolute Gasteiger partial charge is 0.504 e. The molecule has 0 unspecified atom stereocenters. The monoisotopic (exact) mass is 185 g/mol. The second-order valence-corrected chi connectivity index (χ2v) is 2.17. The van der Waals surface area contributed by atoms with E-state index < -0.39 is 18.1 Å². The predicted octanol–water partition coefficient (Wildman–Crippen LogP) is 1.87. The van der Waals surface area contributed by atoms with E-state index in [1.165, 1.54) is 6.07 Å². The Hall–Kier alpha value is -1.83. The van der Waals surface area contributed by atoms with Gasteiger partial charge in [-0.3, -0.25) is 0 Å². The third kappa shape index (κ3) is 2.30. The van der Waals surface area contributed by atoms with E-state index in [-0.39, 0.29) is 5.56 Å². The highest BCUT2D eigenvalue weighted by atomic mass is 19.3. The van der Waals surface area contributed by atoms with Crippen LogP contribution in [0.25, 0.3) is 0 Å². The lowest BCUT2D eigenvalue weighted by molar-refractivity contribution is -0.0512. The quantitative estimate of drug-likeness (QED) is 0.765. The molecule has 0 amide bonds. The fourth-order valence-corrected chi connectivity index (χ4v) is 0.774. The summed E-state index contributed by atoms with van der Waals surface area (Å²) in [6.07, 6.45) is 0. The van der Waals surface area contributed by atoms with Crippen LogP contribution < -0.4 is 4.74 Å². The zero-order valence-electron chi connectivity index (χ0n) is 6.37. The molecule has 0 bridgehead atoms. The van der Waals surface area contributed by atoms with Gasteiger partial charge in [0.1, 0.15) is 0 Å². The molecular formula is C8H5F2NO2. The Morgan fingerprint density at radius 1 is 1.46 bits per heavy atom. The van der Waals surface area contributed by atoms with Gasteiger partial charge in [-0.15, -0.1) is 0 Å². The molecule has 0 aliphatic carbocycles. The number of alkyl halides is 2. The molecule has 13 heavy (non-hydrogen) atoms. The Morgan fingerprint density at radius 3 is 2.69 bits per heavy atom. The molecule has 5 heteroatoms. The molecule has 0 fully saturated rings. The number of rotatable bonds is 2. The summed E-state index contributed by atoms with van der Waals surface area (Å²) in [5, 5.41) is 17.4. The molecule has 0 heterocycles. The second-order valence-electron chi connectivity index (χ2n) is 2.17. The van der Waals surface area contributed by atoms with Crippen molar-refractivity contribution in [3.05, 3.63) is 23.8 Å². The molecule has 1 aromatic rings. The maximum Gasteiger partial charge on any atom is 0.387 e. The van der Waals surface area contributed by atoms with Crippen LogP contribution in [0.3, 0.4) is 0 Å². The fraction of sp³-hybridized carbons (Fsp3) is 0.125. The number of halogens is 2. The Labute approximate surface area is 72.8 Å². The summed E-state index contributed by atoms with van der Waals surface area (Å²) >= 11 is 0. The summed E-state index contributed by atoms with van der Waals surface area (Å²) in [4.78, 5) is 0. The minimum absolute atomic E-state index is 0.147. The highest BCUT2D eigenvalue weighted by molar-refractivity contribution is 5.45. The van der Waals surface area contributed by atoms with E-state index >= 15 is 0 Å². The number of nitriles is 1. The first kappa shape index (κ1) is 9.26. The molecule has 0 aromatic heterocycles. The van der Waals surface area contributed by atoms with E-state index in [1.54, 1.807) is 6.07 Å². The van der Waals surface area contributed by atoms with Crippen molar-refractivity contribution in [2.45, 2.75) is 6.61 Å². The predicted molar refractivity (Wildman–Crippen MR) is 39.5 cm³/mol. The minimum atomic E-state index is -3.01. The summed E-state index contributed by atoms with van der Waals surface area (Å²) in [6, 6.07) is 5.20. The first-order valence-electron chi connectivity index (χ1n) is 3.31. The van der Waals surface area contributed by atoms with Gasteiger partial charge in [0.25, 0.3) is 0 Å². The van der Waals surface area contributed by atoms with Gasteiger partial charge in [0.2, 0.25) is 0 Å². The van der Waals surface area contributed by atoms with E-state index in [0.29, 0.717) is 0 Å². The molecule has 1 N–H and O–H groups in total. The summed E-state index contributed by atoms with van der Waals surface area (Å²) < 4.78 is 27.4. The smallest absolute Gasteiger partial charge is 0.387 e. The van der Waals surface area contributed by atoms with Crippen molar-refractivity contribution in [3.8, 4) is 17.6 Å². The highest BCUT2D eigenvalue weighted by Crippen LogP contribution is 2.27. The third-order valence-corrected chi connectivity index (χ3v) is 1.30. The highest BCUT2D eigenvalue weighted by Gasteiger charge is 2.09. The maximum atomic E-state index is 11.7. The number of benzene rings is 1. The van der Waals surface area contributed by atoms with Gasteiger partial charge < -0.3 is 9.84 Å². The minimum Gasteiger partial charge on any atom is -0.504 e. The van der Waals surface area contributed by atoms with Gasteiger partial charge >= 0.3 is 6.61 Å². The van der Waals surface area contributed by atoms with Gasteiger partial charge in [-0.25, -0.2) is 0 Å². The van der Waals surface area contributed by atoms with Gasteiger partial charge in [-0.05, 0) is 12.1 Å². The molecule has 0 atom stereocenters. The van der Waals surface area contributed by atoms with Crippen LogP contribution >= 0.6 is 0 Å². The molecular weight excluding hydrogens is 180 g/mol. The van der Waals surface area contributed by atoms with Gasteiger partial charge in [-0.1, -0.05) is 0 Å². The van der Waals surface area contributed by atoms with Gasteiger partial charge in [0, 0.05) is 6.07 Å². The average molecular weight is 185 g/mol. The van der Waals surface area contributed by atoms with Crippen LogP contribution in [0, 0.1) is 11.3 Å². The van der Waals surface area contributed by atoms with Crippen molar-refractivity contribution in [2.24, 2.45) is 0 Å². The van der Waals surface area contributed by atoms with Crippen molar-refractivity contribution >= 4 is 0 Å². The number of aromatic hydroxyl groups is 1. The van der Waals surface area contributed by atoms with Crippen molar-refractivity contribution in [1.82, 2.24) is 0 Å². The van der Waals surface area contributed by atoms with E-state index in [0.717, 1.165) is 12.1 Å². The Bertz CT molecular complexity index is 346. The zero-order valence-corrected chi connectivity index (χ0v) is 6.37. The molecule has 3 nitrogen and oxygen atoms in total. The Kier molecular flexibility index (Phi) is 2.65. The maximum absolute atomic E-state index is 11.7. The van der Waals surface area contributed by atoms with Crippen LogP contribution in [0.2, 0.25) is 0 Å². The summed E-state index contributed by atoms with van der Waals surface area (Å²) in [7, 11) is 0. The lowest BCUT2D eigenvalue weighted by Gasteiger charge is -2.05. The molecule has 0 saturated carbocycles. The lowest BCUT2D eigenvalue weighted by Crippen LogP contribution is -2.02. The van der Waals surface area contributed by atoms with Crippen LogP contribution in [-0.4, -0.2) is 11.7 Å². The number of phenols is 1. The van der Waals surface area contributed by atoms with Crippen LogP contribution in [0.4, 0.5) is 8.78 Å². The third-order valence-electron chi connectivity index (χ3n) is 1.30. The number of ether oxygens (including phenoxy) is 1. The number of hydrogen-bond acceptors (Lipinski definition) is 3. The van der Waals surface area contributed by atoms with Crippen molar-refractivity contribution in [2.75, 3.05) is 0 Å². The van der Waals surface area contributed by atoms with Crippen LogP contribution in [-0.2, 0) is 0 Å². The van der Waals surface area contributed by atoms with Crippen molar-refractivity contribution in [3.63, 3.8) is 0 Å². The summed E-state index contributed by atoms with van der Waals surface area (Å²) in [6.45, 7) is -3.01. The van der Waals surface area contributed by atoms with Crippen LogP contribution in [0.1, 0.15) is 5.56 Å². The Morgan fingerprint density at radius 2 is 2.15 bits per heavy atom. The SMILES string of the molecule is N#Cc1ccc(O)c(OC(F)F)c1. The Balaban J connectivity index is 2.99. The number of phenolic OH excluding ortho intramolecular Hbond substituents is 1. The van der Waals surface area contributed by atoms with Gasteiger partial charge in [0.15, 0.2) is 11.5 Å². The number of hydrogen-bond donors (Lipinski definition) is 1. The number of nitrogens with zero attached hydrogens (tertiary/aromatic N) is 1. The molecule has 0 spiro atoms. The van der Waals surface area contributed by atoms with Gasteiger partial charge in [-0.2, -0.15) is 14.0 Å². The van der Waals surface area contributed by atoms with Crippen molar-refractivity contribution < 1.29 is 18.6 Å². The second kappa shape index (κ2) is 3.72. The van der Waals surface area contributed by atoms with Crippen LogP contribution in [0.5, 0.6) is 11.5 Å². The zero-order chi connectivity index (χ0) is 9.84. The molecule has 0 radical (unpaired) electrons. The van der Waals surface area contributed by atoms with E-state index in [4.69, 9.17) is 10.4 Å². The summed E-state index contributed by atoms with van der Waals surface area (Å²) in [5.41, 5.74) is 0.147. The van der Waals surface area contributed by atoms with E-state index in [9.17, 15) is 8.78 Å². The first-order chi connectivity index (χ1) is 6.13. The van der Waals surface area contributed by atoms with Crippen LogP contribution in [0.15, 0.2) is 18.2 Å². The average Bonchev–Trinajstić information content (AvgIpc) is 2.08. The topological polar surface area (TPSA) is 53.2 Å². The van der Waals surface area contributed by atoms with E-state index in [1.807, 2.05) is 0 Å².